The number of aldehydes is 1. The van der Waals surface area contributed by atoms with Crippen molar-refractivity contribution < 1.29 is 50.1 Å². The van der Waals surface area contributed by atoms with Gasteiger partial charge in [-0.25, -0.2) is 0 Å². The Labute approximate surface area is 119 Å². The molecule has 124 valence electrons. The number of hydrogen-bond acceptors (Lipinski definition) is 8. The van der Waals surface area contributed by atoms with Gasteiger partial charge in [0.25, 0.3) is 0 Å². The lowest BCUT2D eigenvalue weighted by Crippen LogP contribution is -2.46. The number of aliphatic hydroxyl groups excluding tert-OH is 5. The van der Waals surface area contributed by atoms with E-state index in [1.807, 2.05) is 0 Å². The molecule has 10 heteroatoms. The minimum atomic E-state index is -1.79. The Morgan fingerprint density at radius 3 is 1.62 bits per heavy atom. The zero-order chi connectivity index (χ0) is 17.0. The van der Waals surface area contributed by atoms with Crippen LogP contribution in [0, 0.1) is 0 Å². The maximum Gasteiger partial charge on any atom is 0.303 e. The summed E-state index contributed by atoms with van der Waals surface area (Å²) in [5.41, 5.74) is 0. The van der Waals surface area contributed by atoms with Crippen LogP contribution >= 0.6 is 0 Å². The van der Waals surface area contributed by atoms with E-state index in [1.165, 1.54) is 0 Å². The van der Waals surface area contributed by atoms with Gasteiger partial charge in [-0.3, -0.25) is 9.59 Å². The molecule has 21 heavy (non-hydrogen) atoms. The molecule has 0 aromatic rings. The van der Waals surface area contributed by atoms with Crippen LogP contribution in [0.15, 0.2) is 0 Å². The molecule has 0 spiro atoms. The van der Waals surface area contributed by atoms with Crippen LogP contribution < -0.4 is 0 Å². The van der Waals surface area contributed by atoms with Gasteiger partial charge >= 0.3 is 11.9 Å². The normalized spacial score (nSPS) is 15.9. The largest absolute Gasteiger partial charge is 0.481 e. The molecule has 7 N–H and O–H groups in total. The summed E-state index contributed by atoms with van der Waals surface area (Å²) in [5, 5.41) is 59.6. The van der Waals surface area contributed by atoms with Crippen LogP contribution in [0.5, 0.6) is 0 Å². The molecule has 0 bridgehead atoms. The average Bonchev–Trinajstić information content (AvgIpc) is 2.43. The minimum absolute atomic E-state index is 0.0258. The van der Waals surface area contributed by atoms with Gasteiger partial charge in [0.2, 0.25) is 0 Å². The second kappa shape index (κ2) is 12.2. The van der Waals surface area contributed by atoms with Crippen LogP contribution in [0.4, 0.5) is 0 Å². The van der Waals surface area contributed by atoms with E-state index >= 15 is 0 Å². The molecule has 0 amide bonds. The van der Waals surface area contributed by atoms with Crippen molar-refractivity contribution in [3.8, 4) is 0 Å². The van der Waals surface area contributed by atoms with Crippen LogP contribution in [-0.4, -0.2) is 85.0 Å². The molecule has 0 aliphatic heterocycles. The third kappa shape index (κ3) is 11.9. The Kier molecular flexibility index (Phi) is 12.6. The van der Waals surface area contributed by atoms with Gasteiger partial charge in [0.05, 0.1) is 6.61 Å². The first-order chi connectivity index (χ1) is 9.67. The molecule has 10 nitrogen and oxygen atoms in total. The molecule has 0 rings (SSSR count). The Morgan fingerprint density at radius 2 is 1.33 bits per heavy atom. The first-order valence-corrected chi connectivity index (χ1v) is 5.89. The highest BCUT2D eigenvalue weighted by atomic mass is 16.4. The van der Waals surface area contributed by atoms with Crippen molar-refractivity contribution in [2.75, 3.05) is 6.61 Å². The quantitative estimate of drug-likeness (QED) is 0.215. The SMILES string of the molecule is O=C(O)CCCC(=O)O.O=CC(O)C(O)C(O)C(O)CO. The van der Waals surface area contributed by atoms with Crippen LogP contribution in [0.25, 0.3) is 0 Å². The highest BCUT2D eigenvalue weighted by Gasteiger charge is 2.29. The zero-order valence-electron chi connectivity index (χ0n) is 11.1. The summed E-state index contributed by atoms with van der Waals surface area (Å²) in [6, 6.07) is 0. The highest BCUT2D eigenvalue weighted by molar-refractivity contribution is 5.69. The number of aliphatic carboxylic acids is 2. The van der Waals surface area contributed by atoms with Gasteiger partial charge in [-0.15, -0.1) is 0 Å². The summed E-state index contributed by atoms with van der Waals surface area (Å²) < 4.78 is 0. The monoisotopic (exact) mass is 312 g/mol. The summed E-state index contributed by atoms with van der Waals surface area (Å²) in [6.07, 6.45) is -6.75. The summed E-state index contributed by atoms with van der Waals surface area (Å²) in [7, 11) is 0. The van der Waals surface area contributed by atoms with Crippen molar-refractivity contribution in [1.82, 2.24) is 0 Å². The van der Waals surface area contributed by atoms with Crippen LogP contribution in [0.2, 0.25) is 0 Å². The predicted octanol–water partition coefficient (Wildman–Crippen LogP) is -3.05. The molecule has 0 fully saturated rings. The fraction of sp³-hybridized carbons (Fsp3) is 0.727. The van der Waals surface area contributed by atoms with Crippen molar-refractivity contribution >= 4 is 18.2 Å². The Bertz CT molecular complexity index is 304. The van der Waals surface area contributed by atoms with E-state index in [2.05, 4.69) is 0 Å². The first kappa shape index (κ1) is 21.7. The number of aliphatic hydroxyl groups is 5. The molecule has 4 unspecified atom stereocenters. The summed E-state index contributed by atoms with van der Waals surface area (Å²) in [5.74, 6) is -1.90. The van der Waals surface area contributed by atoms with Crippen molar-refractivity contribution in [2.24, 2.45) is 0 Å². The van der Waals surface area contributed by atoms with Crippen LogP contribution in [0.1, 0.15) is 19.3 Å². The Balaban J connectivity index is 0. The summed E-state index contributed by atoms with van der Waals surface area (Å²) in [4.78, 5) is 29.5. The van der Waals surface area contributed by atoms with Gasteiger partial charge in [-0.05, 0) is 6.42 Å². The molecule has 0 aromatic heterocycles. The number of carboxylic acids is 2. The van der Waals surface area contributed by atoms with Crippen molar-refractivity contribution in [3.05, 3.63) is 0 Å². The van der Waals surface area contributed by atoms with Gasteiger partial charge in [0, 0.05) is 12.8 Å². The lowest BCUT2D eigenvalue weighted by molar-refractivity contribution is -0.138. The predicted molar refractivity (Wildman–Crippen MR) is 66.3 cm³/mol. The molecule has 0 heterocycles. The molecule has 4 atom stereocenters. The maximum atomic E-state index is 9.90. The third-order valence-corrected chi connectivity index (χ3v) is 2.20. The van der Waals surface area contributed by atoms with E-state index in [0.29, 0.717) is 0 Å². The molecule has 0 radical (unpaired) electrons. The highest BCUT2D eigenvalue weighted by Crippen LogP contribution is 2.02. The average molecular weight is 312 g/mol. The van der Waals surface area contributed by atoms with Gasteiger partial charge in [-0.1, -0.05) is 0 Å². The summed E-state index contributed by atoms with van der Waals surface area (Å²) in [6.45, 7) is -0.760. The van der Waals surface area contributed by atoms with E-state index < -0.39 is 43.0 Å². The van der Waals surface area contributed by atoms with E-state index in [1.54, 1.807) is 0 Å². The number of carbonyl (C=O) groups is 3. The van der Waals surface area contributed by atoms with Crippen LogP contribution in [-0.2, 0) is 14.4 Å². The van der Waals surface area contributed by atoms with Crippen molar-refractivity contribution in [3.63, 3.8) is 0 Å². The zero-order valence-corrected chi connectivity index (χ0v) is 11.1. The molecular formula is C11H20O10. The molecule has 0 aliphatic carbocycles. The van der Waals surface area contributed by atoms with Gasteiger partial charge < -0.3 is 40.5 Å². The molecular weight excluding hydrogens is 292 g/mol. The van der Waals surface area contributed by atoms with Gasteiger partial charge in [0.15, 0.2) is 6.29 Å². The van der Waals surface area contributed by atoms with E-state index in [4.69, 9.17) is 35.7 Å². The number of rotatable bonds is 9. The van der Waals surface area contributed by atoms with E-state index in [-0.39, 0.29) is 25.5 Å². The third-order valence-electron chi connectivity index (χ3n) is 2.20. The van der Waals surface area contributed by atoms with Crippen molar-refractivity contribution in [2.45, 2.75) is 43.7 Å². The fourth-order valence-corrected chi connectivity index (χ4v) is 1.01. The smallest absolute Gasteiger partial charge is 0.303 e. The summed E-state index contributed by atoms with van der Waals surface area (Å²) >= 11 is 0. The van der Waals surface area contributed by atoms with Crippen LogP contribution in [0.3, 0.4) is 0 Å². The number of hydrogen-bond donors (Lipinski definition) is 7. The second-order valence-corrected chi connectivity index (χ2v) is 4.00. The standard InChI is InChI=1S/C6H12O6.C5H8O4/c7-1-3(9)5(11)6(12)4(10)2-8;6-4(7)2-1-3-5(8)9/h1,3-6,8-12H,2H2;1-3H2,(H,6,7)(H,8,9). The Hall–Kier alpha value is -1.59. The maximum absolute atomic E-state index is 9.90. The number of carbonyl (C=O) groups excluding carboxylic acids is 1. The van der Waals surface area contributed by atoms with E-state index in [0.717, 1.165) is 0 Å². The molecule has 0 saturated carbocycles. The molecule has 0 saturated heterocycles. The first-order valence-electron chi connectivity index (χ1n) is 5.89. The van der Waals surface area contributed by atoms with Gasteiger partial charge in [0.1, 0.15) is 24.4 Å². The fourth-order valence-electron chi connectivity index (χ4n) is 1.01. The lowest BCUT2D eigenvalue weighted by Gasteiger charge is -2.22. The molecule has 0 aliphatic rings. The van der Waals surface area contributed by atoms with Crippen molar-refractivity contribution in [1.29, 1.82) is 0 Å². The topological polar surface area (TPSA) is 193 Å². The van der Waals surface area contributed by atoms with E-state index in [9.17, 15) is 14.4 Å². The Morgan fingerprint density at radius 1 is 0.905 bits per heavy atom. The van der Waals surface area contributed by atoms with Gasteiger partial charge in [-0.2, -0.15) is 0 Å². The lowest BCUT2D eigenvalue weighted by atomic mass is 10.0. The minimum Gasteiger partial charge on any atom is -0.481 e. The second-order valence-electron chi connectivity index (χ2n) is 4.00. The number of carboxylic acid groups (broad SMARTS) is 2. The molecule has 0 aromatic carbocycles.